The first-order chi connectivity index (χ1) is 14.8. The van der Waals surface area contributed by atoms with Crippen LogP contribution < -0.4 is 0 Å². The molecule has 0 N–H and O–H groups in total. The first-order valence-corrected chi connectivity index (χ1v) is 11.8. The lowest BCUT2D eigenvalue weighted by Crippen LogP contribution is -2.13. The Morgan fingerprint density at radius 3 is 2.20 bits per heavy atom. The Balaban J connectivity index is 1.48. The topological polar surface area (TPSA) is 9.23 Å². The lowest BCUT2D eigenvalue weighted by atomic mass is 9.77. The summed E-state index contributed by atoms with van der Waals surface area (Å²) in [5.74, 6) is 1.68. The zero-order valence-electron chi connectivity index (χ0n) is 18.7. The third-order valence-corrected chi connectivity index (χ3v) is 6.42. The molecule has 1 nitrogen and oxygen atoms in total. The van der Waals surface area contributed by atoms with Crippen LogP contribution in [-0.4, -0.2) is 6.61 Å². The quantitative estimate of drug-likeness (QED) is 0.270. The van der Waals surface area contributed by atoms with E-state index >= 15 is 0 Å². The molecule has 160 valence electrons. The molecule has 0 spiro atoms. The zero-order chi connectivity index (χ0) is 21.0. The van der Waals surface area contributed by atoms with Gasteiger partial charge in [-0.05, 0) is 79.0 Å². The van der Waals surface area contributed by atoms with E-state index in [4.69, 9.17) is 4.74 Å². The summed E-state index contributed by atoms with van der Waals surface area (Å²) < 4.78 is 5.69. The number of ether oxygens (including phenoxy) is 1. The lowest BCUT2D eigenvalue weighted by Gasteiger charge is -2.29. The van der Waals surface area contributed by atoms with Crippen molar-refractivity contribution in [2.75, 3.05) is 6.61 Å². The molecule has 0 atom stereocenters. The predicted molar refractivity (Wildman–Crippen MR) is 130 cm³/mol. The molecule has 0 saturated heterocycles. The summed E-state index contributed by atoms with van der Waals surface area (Å²) in [6.45, 7) is 7.34. The molecule has 1 aliphatic rings. The Morgan fingerprint density at radius 2 is 1.57 bits per heavy atom. The normalized spacial score (nSPS) is 19.2. The Hall–Kier alpha value is -2.12. The van der Waals surface area contributed by atoms with Crippen LogP contribution in [0.5, 0.6) is 0 Å². The Bertz CT molecular complexity index is 761. The van der Waals surface area contributed by atoms with E-state index in [1.165, 1.54) is 67.2 Å². The minimum Gasteiger partial charge on any atom is -0.373 e. The molecule has 1 heteroatoms. The molecule has 30 heavy (non-hydrogen) atoms. The van der Waals surface area contributed by atoms with E-state index in [1.807, 2.05) is 0 Å². The summed E-state index contributed by atoms with van der Waals surface area (Å²) in [7, 11) is 0. The summed E-state index contributed by atoms with van der Waals surface area (Å²) in [6.07, 6.45) is 16.7. The molecule has 0 bridgehead atoms. The summed E-state index contributed by atoms with van der Waals surface area (Å²) in [4.78, 5) is 0. The molecule has 0 unspecified atom stereocenters. The van der Waals surface area contributed by atoms with Gasteiger partial charge in [0.15, 0.2) is 0 Å². The molecule has 0 aromatic heterocycles. The predicted octanol–water partition coefficient (Wildman–Crippen LogP) is 8.47. The number of unbranched alkanes of at least 4 members (excludes halogenated alkanes) is 1. The van der Waals surface area contributed by atoms with E-state index in [0.717, 1.165) is 18.3 Å². The highest BCUT2D eigenvalue weighted by Gasteiger charge is 2.21. The maximum Gasteiger partial charge on any atom is 0.0721 e. The molecule has 0 heterocycles. The third kappa shape index (κ3) is 6.99. The molecule has 0 radical (unpaired) electrons. The third-order valence-electron chi connectivity index (χ3n) is 6.42. The van der Waals surface area contributed by atoms with Crippen molar-refractivity contribution >= 4 is 0 Å². The second-order valence-electron chi connectivity index (χ2n) is 8.65. The van der Waals surface area contributed by atoms with Crippen molar-refractivity contribution in [3.8, 4) is 11.1 Å². The standard InChI is InChI=1S/C29H38O/c1-3-5-7-9-24-10-14-26(15-11-24)28-18-20-29(21-19-28)27-16-12-25(13-17-27)23-30-22-8-6-4-2/h3,6,8,12-13,16-21,24,26H,1,4-5,7,9-11,14-15,22-23H2,2H3/t24-,26-. The number of allylic oxidation sites excluding steroid dienone is 2. The van der Waals surface area contributed by atoms with Gasteiger partial charge in [-0.1, -0.05) is 80.1 Å². The van der Waals surface area contributed by atoms with E-state index in [1.54, 1.807) is 0 Å². The van der Waals surface area contributed by atoms with Gasteiger partial charge in [0.05, 0.1) is 13.2 Å². The lowest BCUT2D eigenvalue weighted by molar-refractivity contribution is 0.148. The summed E-state index contributed by atoms with van der Waals surface area (Å²) in [5, 5.41) is 0. The van der Waals surface area contributed by atoms with Crippen molar-refractivity contribution in [3.63, 3.8) is 0 Å². The van der Waals surface area contributed by atoms with Crippen LogP contribution in [-0.2, 0) is 11.3 Å². The maximum absolute atomic E-state index is 5.69. The Kier molecular flexibility index (Phi) is 9.44. The van der Waals surface area contributed by atoms with Crippen LogP contribution in [0.15, 0.2) is 73.3 Å². The van der Waals surface area contributed by atoms with Gasteiger partial charge in [0, 0.05) is 0 Å². The number of hydrogen-bond donors (Lipinski definition) is 0. The molecule has 0 aliphatic heterocycles. The summed E-state index contributed by atoms with van der Waals surface area (Å²) >= 11 is 0. The SMILES string of the molecule is C=CCCC[C@H]1CC[C@H](c2ccc(-c3ccc(COCC=CCC)cc3)cc2)CC1. The fourth-order valence-corrected chi connectivity index (χ4v) is 4.56. The minimum atomic E-state index is 0.670. The second kappa shape index (κ2) is 12.5. The first kappa shape index (κ1) is 22.6. The molecular formula is C29H38O. The van der Waals surface area contributed by atoms with Gasteiger partial charge in [0.25, 0.3) is 0 Å². The summed E-state index contributed by atoms with van der Waals surface area (Å²) in [5.41, 5.74) is 5.33. The van der Waals surface area contributed by atoms with Gasteiger partial charge >= 0.3 is 0 Å². The van der Waals surface area contributed by atoms with Gasteiger partial charge < -0.3 is 4.74 Å². The van der Waals surface area contributed by atoms with E-state index < -0.39 is 0 Å². The maximum atomic E-state index is 5.69. The highest BCUT2D eigenvalue weighted by Crippen LogP contribution is 2.38. The number of rotatable bonds is 11. The van der Waals surface area contributed by atoms with Crippen molar-refractivity contribution in [1.29, 1.82) is 0 Å². The van der Waals surface area contributed by atoms with E-state index in [2.05, 4.69) is 80.3 Å². The van der Waals surface area contributed by atoms with Crippen molar-refractivity contribution in [2.24, 2.45) is 5.92 Å². The molecular weight excluding hydrogens is 364 g/mol. The molecule has 0 amide bonds. The smallest absolute Gasteiger partial charge is 0.0721 e. The largest absolute Gasteiger partial charge is 0.373 e. The monoisotopic (exact) mass is 402 g/mol. The molecule has 1 fully saturated rings. The summed E-state index contributed by atoms with van der Waals surface area (Å²) in [6, 6.07) is 18.1. The highest BCUT2D eigenvalue weighted by molar-refractivity contribution is 5.64. The van der Waals surface area contributed by atoms with Gasteiger partial charge in [0.1, 0.15) is 0 Å². The van der Waals surface area contributed by atoms with Gasteiger partial charge in [-0.15, -0.1) is 6.58 Å². The first-order valence-electron chi connectivity index (χ1n) is 11.8. The van der Waals surface area contributed by atoms with E-state index in [9.17, 15) is 0 Å². The van der Waals surface area contributed by atoms with Crippen LogP contribution >= 0.6 is 0 Å². The molecule has 3 rings (SSSR count). The fourth-order valence-electron chi connectivity index (χ4n) is 4.56. The highest BCUT2D eigenvalue weighted by atomic mass is 16.5. The Morgan fingerprint density at radius 1 is 0.900 bits per heavy atom. The van der Waals surface area contributed by atoms with Crippen LogP contribution in [0.1, 0.15) is 75.3 Å². The van der Waals surface area contributed by atoms with Crippen molar-refractivity contribution in [2.45, 2.75) is 70.8 Å². The average molecular weight is 403 g/mol. The Labute approximate surface area is 183 Å². The van der Waals surface area contributed by atoms with Crippen LogP contribution in [0.3, 0.4) is 0 Å². The van der Waals surface area contributed by atoms with Crippen LogP contribution in [0.4, 0.5) is 0 Å². The number of hydrogen-bond acceptors (Lipinski definition) is 1. The zero-order valence-corrected chi connectivity index (χ0v) is 18.7. The van der Waals surface area contributed by atoms with Gasteiger partial charge in [-0.2, -0.15) is 0 Å². The van der Waals surface area contributed by atoms with Crippen molar-refractivity contribution in [1.82, 2.24) is 0 Å². The van der Waals surface area contributed by atoms with Gasteiger partial charge in [0.2, 0.25) is 0 Å². The van der Waals surface area contributed by atoms with Crippen molar-refractivity contribution in [3.05, 3.63) is 84.5 Å². The van der Waals surface area contributed by atoms with Crippen LogP contribution in [0.25, 0.3) is 11.1 Å². The van der Waals surface area contributed by atoms with Crippen LogP contribution in [0.2, 0.25) is 0 Å². The average Bonchev–Trinajstić information content (AvgIpc) is 2.80. The van der Waals surface area contributed by atoms with Gasteiger partial charge in [-0.25, -0.2) is 0 Å². The van der Waals surface area contributed by atoms with Gasteiger partial charge in [-0.3, -0.25) is 0 Å². The molecule has 1 saturated carbocycles. The molecule has 2 aromatic carbocycles. The minimum absolute atomic E-state index is 0.670. The molecule has 2 aromatic rings. The van der Waals surface area contributed by atoms with Crippen molar-refractivity contribution < 1.29 is 4.74 Å². The number of benzene rings is 2. The van der Waals surface area contributed by atoms with Crippen LogP contribution in [0, 0.1) is 5.92 Å². The van der Waals surface area contributed by atoms with E-state index in [-0.39, 0.29) is 0 Å². The molecule has 1 aliphatic carbocycles. The fraction of sp³-hybridized carbons (Fsp3) is 0.448. The van der Waals surface area contributed by atoms with E-state index in [0.29, 0.717) is 13.2 Å². The second-order valence-corrected chi connectivity index (χ2v) is 8.65.